The summed E-state index contributed by atoms with van der Waals surface area (Å²) in [5.74, 6) is 1.41. The third-order valence-corrected chi connectivity index (χ3v) is 2.57. The van der Waals surface area contributed by atoms with Crippen LogP contribution in [0.2, 0.25) is 0 Å². The molecule has 0 bridgehead atoms. The molecule has 0 aliphatic rings. The van der Waals surface area contributed by atoms with Crippen LogP contribution in [0, 0.1) is 5.92 Å². The summed E-state index contributed by atoms with van der Waals surface area (Å²) in [6.45, 7) is 6.81. The van der Waals surface area contributed by atoms with Crippen molar-refractivity contribution in [1.82, 2.24) is 0 Å². The van der Waals surface area contributed by atoms with Gasteiger partial charge in [0.1, 0.15) is 5.75 Å². The van der Waals surface area contributed by atoms with Crippen LogP contribution in [0.1, 0.15) is 38.9 Å². The fraction of sp³-hybridized carbons (Fsp3) is 0.538. The van der Waals surface area contributed by atoms with E-state index in [-0.39, 0.29) is 0 Å². The Morgan fingerprint density at radius 1 is 1.33 bits per heavy atom. The first-order valence-corrected chi connectivity index (χ1v) is 5.54. The number of rotatable bonds is 5. The van der Waals surface area contributed by atoms with E-state index in [1.165, 1.54) is 0 Å². The zero-order valence-corrected chi connectivity index (χ0v) is 9.73. The van der Waals surface area contributed by atoms with Crippen molar-refractivity contribution in [2.45, 2.75) is 33.3 Å². The topological polar surface area (TPSA) is 29.5 Å². The van der Waals surface area contributed by atoms with Crippen LogP contribution in [0.15, 0.2) is 24.3 Å². The minimum Gasteiger partial charge on any atom is -0.493 e. The minimum absolute atomic E-state index is 0.433. The molecule has 1 N–H and O–H groups in total. The van der Waals surface area contributed by atoms with Crippen molar-refractivity contribution in [1.29, 1.82) is 0 Å². The van der Waals surface area contributed by atoms with Gasteiger partial charge in [0.2, 0.25) is 0 Å². The number of ether oxygens (including phenoxy) is 1. The van der Waals surface area contributed by atoms with Gasteiger partial charge in [-0.2, -0.15) is 0 Å². The lowest BCUT2D eigenvalue weighted by Gasteiger charge is -2.12. The average molecular weight is 208 g/mol. The van der Waals surface area contributed by atoms with Crippen LogP contribution in [0.3, 0.4) is 0 Å². The molecule has 0 aliphatic carbocycles. The van der Waals surface area contributed by atoms with Gasteiger partial charge in [0, 0.05) is 0 Å². The highest BCUT2D eigenvalue weighted by atomic mass is 16.5. The van der Waals surface area contributed by atoms with Gasteiger partial charge in [-0.3, -0.25) is 0 Å². The van der Waals surface area contributed by atoms with Gasteiger partial charge < -0.3 is 9.84 Å². The Balaban J connectivity index is 2.58. The van der Waals surface area contributed by atoms with E-state index < -0.39 is 6.10 Å². The van der Waals surface area contributed by atoms with Gasteiger partial charge in [-0.05, 0) is 30.5 Å². The molecule has 0 radical (unpaired) electrons. The molecule has 0 saturated heterocycles. The lowest BCUT2D eigenvalue weighted by Crippen LogP contribution is -2.07. The van der Waals surface area contributed by atoms with E-state index in [2.05, 4.69) is 13.8 Å². The van der Waals surface area contributed by atoms with E-state index in [1.807, 2.05) is 24.3 Å². The van der Waals surface area contributed by atoms with Gasteiger partial charge in [0.05, 0.1) is 12.7 Å². The van der Waals surface area contributed by atoms with E-state index in [9.17, 15) is 5.11 Å². The Labute approximate surface area is 91.9 Å². The molecule has 2 heteroatoms. The van der Waals surface area contributed by atoms with E-state index in [0.29, 0.717) is 5.92 Å². The first-order chi connectivity index (χ1) is 7.13. The molecule has 0 amide bonds. The third-order valence-electron chi connectivity index (χ3n) is 2.57. The molecule has 2 atom stereocenters. The molecular weight excluding hydrogens is 188 g/mol. The number of hydrogen-bond acceptors (Lipinski definition) is 2. The van der Waals surface area contributed by atoms with Crippen LogP contribution in [-0.4, -0.2) is 11.7 Å². The standard InChI is InChI=1S/C13H20O2/c1-4-10(2)9-15-13-7-5-6-12(8-13)11(3)14/h5-8,10-11,14H,4,9H2,1-3H3. The SMILES string of the molecule is CCC(C)COc1cccc(C(C)O)c1. The summed E-state index contributed by atoms with van der Waals surface area (Å²) < 4.78 is 5.64. The average Bonchev–Trinajstić information content (AvgIpc) is 2.26. The Hall–Kier alpha value is -1.02. The smallest absolute Gasteiger partial charge is 0.119 e. The predicted molar refractivity (Wildman–Crippen MR) is 62.0 cm³/mol. The summed E-state index contributed by atoms with van der Waals surface area (Å²) >= 11 is 0. The van der Waals surface area contributed by atoms with Crippen LogP contribution in [-0.2, 0) is 0 Å². The second-order valence-electron chi connectivity index (χ2n) is 4.07. The second kappa shape index (κ2) is 5.76. The molecule has 1 aromatic rings. The summed E-state index contributed by atoms with van der Waals surface area (Å²) in [5, 5.41) is 9.42. The lowest BCUT2D eigenvalue weighted by atomic mass is 10.1. The highest BCUT2D eigenvalue weighted by molar-refractivity contribution is 5.29. The number of benzene rings is 1. The number of hydrogen-bond donors (Lipinski definition) is 1. The van der Waals surface area contributed by atoms with Crippen molar-refractivity contribution in [3.8, 4) is 5.75 Å². The molecule has 2 unspecified atom stereocenters. The van der Waals surface area contributed by atoms with Crippen LogP contribution in [0.25, 0.3) is 0 Å². The Bertz CT molecular complexity index is 294. The van der Waals surface area contributed by atoms with Crippen molar-refractivity contribution in [3.63, 3.8) is 0 Å². The van der Waals surface area contributed by atoms with Crippen molar-refractivity contribution in [2.24, 2.45) is 5.92 Å². The summed E-state index contributed by atoms with van der Waals surface area (Å²) in [7, 11) is 0. The number of aliphatic hydroxyl groups is 1. The third kappa shape index (κ3) is 3.92. The fourth-order valence-electron chi connectivity index (χ4n) is 1.22. The molecular formula is C13H20O2. The molecule has 15 heavy (non-hydrogen) atoms. The van der Waals surface area contributed by atoms with E-state index in [4.69, 9.17) is 4.74 Å². The minimum atomic E-state index is -0.433. The molecule has 1 aromatic carbocycles. The predicted octanol–water partition coefficient (Wildman–Crippen LogP) is 3.16. The van der Waals surface area contributed by atoms with Gasteiger partial charge in [0.15, 0.2) is 0 Å². The normalized spacial score (nSPS) is 14.7. The second-order valence-corrected chi connectivity index (χ2v) is 4.07. The lowest BCUT2D eigenvalue weighted by molar-refractivity contribution is 0.198. The van der Waals surface area contributed by atoms with Crippen molar-refractivity contribution < 1.29 is 9.84 Å². The van der Waals surface area contributed by atoms with Crippen LogP contribution in [0.5, 0.6) is 5.75 Å². The van der Waals surface area contributed by atoms with Crippen LogP contribution >= 0.6 is 0 Å². The molecule has 0 aromatic heterocycles. The van der Waals surface area contributed by atoms with Gasteiger partial charge >= 0.3 is 0 Å². The highest BCUT2D eigenvalue weighted by Crippen LogP contribution is 2.19. The maximum absolute atomic E-state index is 9.42. The fourth-order valence-corrected chi connectivity index (χ4v) is 1.22. The van der Waals surface area contributed by atoms with E-state index in [0.717, 1.165) is 24.3 Å². The maximum Gasteiger partial charge on any atom is 0.119 e. The van der Waals surface area contributed by atoms with Crippen molar-refractivity contribution in [2.75, 3.05) is 6.61 Å². The zero-order valence-electron chi connectivity index (χ0n) is 9.73. The van der Waals surface area contributed by atoms with Crippen molar-refractivity contribution in [3.05, 3.63) is 29.8 Å². The van der Waals surface area contributed by atoms with Gasteiger partial charge in [-0.1, -0.05) is 32.4 Å². The van der Waals surface area contributed by atoms with Crippen LogP contribution in [0.4, 0.5) is 0 Å². The molecule has 84 valence electrons. The molecule has 0 fully saturated rings. The molecule has 0 saturated carbocycles. The summed E-state index contributed by atoms with van der Waals surface area (Å²) in [4.78, 5) is 0. The Morgan fingerprint density at radius 2 is 2.07 bits per heavy atom. The van der Waals surface area contributed by atoms with Gasteiger partial charge in [-0.25, -0.2) is 0 Å². The Morgan fingerprint density at radius 3 is 2.67 bits per heavy atom. The summed E-state index contributed by atoms with van der Waals surface area (Å²) in [6, 6.07) is 7.64. The molecule has 1 rings (SSSR count). The Kier molecular flexibility index (Phi) is 4.63. The van der Waals surface area contributed by atoms with Gasteiger partial charge in [-0.15, -0.1) is 0 Å². The quantitative estimate of drug-likeness (QED) is 0.805. The molecule has 2 nitrogen and oxygen atoms in total. The monoisotopic (exact) mass is 208 g/mol. The largest absolute Gasteiger partial charge is 0.493 e. The first kappa shape index (κ1) is 12.1. The van der Waals surface area contributed by atoms with Gasteiger partial charge in [0.25, 0.3) is 0 Å². The van der Waals surface area contributed by atoms with Crippen molar-refractivity contribution >= 4 is 0 Å². The summed E-state index contributed by atoms with van der Waals surface area (Å²) in [5.41, 5.74) is 0.900. The summed E-state index contributed by atoms with van der Waals surface area (Å²) in [6.07, 6.45) is 0.688. The van der Waals surface area contributed by atoms with Crippen LogP contribution < -0.4 is 4.74 Å². The number of aliphatic hydroxyl groups excluding tert-OH is 1. The molecule has 0 spiro atoms. The zero-order chi connectivity index (χ0) is 11.3. The first-order valence-electron chi connectivity index (χ1n) is 5.54. The maximum atomic E-state index is 9.42. The van der Waals surface area contributed by atoms with E-state index in [1.54, 1.807) is 6.92 Å². The molecule has 0 aliphatic heterocycles. The highest BCUT2D eigenvalue weighted by Gasteiger charge is 2.03. The molecule has 0 heterocycles. The van der Waals surface area contributed by atoms with E-state index >= 15 is 0 Å².